The second-order valence-corrected chi connectivity index (χ2v) is 6.91. The van der Waals surface area contributed by atoms with Gasteiger partial charge in [0.1, 0.15) is 12.7 Å². The molecule has 140 valence electrons. The van der Waals surface area contributed by atoms with Gasteiger partial charge >= 0.3 is 0 Å². The van der Waals surface area contributed by atoms with Gasteiger partial charge in [0.25, 0.3) is 11.6 Å². The van der Waals surface area contributed by atoms with E-state index < -0.39 is 0 Å². The molecule has 0 spiro atoms. The molecule has 2 aromatic heterocycles. The Labute approximate surface area is 156 Å². The number of benzene rings is 1. The lowest BCUT2D eigenvalue weighted by atomic mass is 10.0. The quantitative estimate of drug-likeness (QED) is 0.762. The van der Waals surface area contributed by atoms with Crippen molar-refractivity contribution in [3.05, 3.63) is 47.3 Å². The van der Waals surface area contributed by atoms with E-state index in [-0.39, 0.29) is 17.9 Å². The van der Waals surface area contributed by atoms with Crippen LogP contribution in [0.25, 0.3) is 11.1 Å². The van der Waals surface area contributed by atoms with E-state index in [4.69, 9.17) is 14.0 Å². The zero-order valence-electron chi connectivity index (χ0n) is 15.5. The van der Waals surface area contributed by atoms with E-state index in [9.17, 15) is 4.79 Å². The Morgan fingerprint density at radius 3 is 2.85 bits per heavy atom. The number of hydrogen-bond acceptors (Lipinski definition) is 6. The van der Waals surface area contributed by atoms with Crippen molar-refractivity contribution in [3.8, 4) is 11.5 Å². The monoisotopic (exact) mass is 367 g/mol. The molecule has 0 radical (unpaired) electrons. The van der Waals surface area contributed by atoms with E-state index in [0.717, 1.165) is 11.4 Å². The van der Waals surface area contributed by atoms with E-state index in [0.29, 0.717) is 41.3 Å². The number of fused-ring (bicyclic) bond motifs is 2. The number of nitrogens with zero attached hydrogens (tertiary/aromatic N) is 2. The molecule has 7 heteroatoms. The van der Waals surface area contributed by atoms with E-state index >= 15 is 0 Å². The number of carbonyl (C=O) groups is 1. The average molecular weight is 367 g/mol. The first-order chi connectivity index (χ1) is 13.0. The zero-order valence-corrected chi connectivity index (χ0v) is 15.5. The van der Waals surface area contributed by atoms with Crippen LogP contribution in [0, 0.1) is 6.92 Å². The minimum Gasteiger partial charge on any atom is -0.486 e. The molecule has 1 atom stereocenters. The maximum atomic E-state index is 12.9. The molecule has 3 aromatic rings. The van der Waals surface area contributed by atoms with Gasteiger partial charge in [0.2, 0.25) is 0 Å². The number of pyridine rings is 1. The number of nitrogens with one attached hydrogen (secondary N) is 1. The maximum Gasteiger partial charge on any atom is 0.259 e. The first-order valence-corrected chi connectivity index (χ1v) is 8.96. The highest BCUT2D eigenvalue weighted by Crippen LogP contribution is 2.31. The Hall–Kier alpha value is -3.09. The molecule has 7 nitrogen and oxygen atoms in total. The number of rotatable bonds is 4. The molecule has 1 unspecified atom stereocenters. The Morgan fingerprint density at radius 2 is 2.07 bits per heavy atom. The van der Waals surface area contributed by atoms with Crippen molar-refractivity contribution in [2.45, 2.75) is 32.8 Å². The number of ether oxygens (including phenoxy) is 2. The summed E-state index contributed by atoms with van der Waals surface area (Å²) in [6.07, 6.45) is -0.255. The van der Waals surface area contributed by atoms with Crippen LogP contribution in [-0.2, 0) is 0 Å². The molecule has 1 amide bonds. The van der Waals surface area contributed by atoms with Crippen LogP contribution >= 0.6 is 0 Å². The predicted molar refractivity (Wildman–Crippen MR) is 99.3 cm³/mol. The predicted octanol–water partition coefficient (Wildman–Crippen LogP) is 3.22. The summed E-state index contributed by atoms with van der Waals surface area (Å²) in [6.45, 7) is 6.55. The average Bonchev–Trinajstić information content (AvgIpc) is 3.06. The first-order valence-electron chi connectivity index (χ1n) is 8.96. The van der Waals surface area contributed by atoms with Gasteiger partial charge in [-0.3, -0.25) is 4.79 Å². The molecule has 27 heavy (non-hydrogen) atoms. The summed E-state index contributed by atoms with van der Waals surface area (Å²) >= 11 is 0. The summed E-state index contributed by atoms with van der Waals surface area (Å²) in [5.74, 6) is 1.36. The molecule has 4 rings (SSSR count). The fourth-order valence-corrected chi connectivity index (χ4v) is 3.05. The molecular weight excluding hydrogens is 346 g/mol. The molecule has 0 saturated carbocycles. The summed E-state index contributed by atoms with van der Waals surface area (Å²) in [5.41, 5.74) is 2.33. The van der Waals surface area contributed by atoms with Gasteiger partial charge in [-0.15, -0.1) is 0 Å². The molecule has 0 saturated heterocycles. The highest BCUT2D eigenvalue weighted by molar-refractivity contribution is 6.06. The minimum absolute atomic E-state index is 0.165. The van der Waals surface area contributed by atoms with Gasteiger partial charge < -0.3 is 19.3 Å². The van der Waals surface area contributed by atoms with Crippen LogP contribution in [-0.4, -0.2) is 35.3 Å². The molecule has 0 bridgehead atoms. The fourth-order valence-electron chi connectivity index (χ4n) is 3.05. The molecule has 0 fully saturated rings. The molecule has 0 aliphatic carbocycles. The van der Waals surface area contributed by atoms with Gasteiger partial charge in [0, 0.05) is 5.69 Å². The van der Waals surface area contributed by atoms with E-state index in [1.807, 2.05) is 38.1 Å². The van der Waals surface area contributed by atoms with E-state index in [1.165, 1.54) is 0 Å². The highest BCUT2D eigenvalue weighted by Gasteiger charge is 2.23. The number of aromatic nitrogens is 2. The van der Waals surface area contributed by atoms with Gasteiger partial charge in [0.15, 0.2) is 11.5 Å². The number of carbonyl (C=O) groups excluding carboxylic acids is 1. The van der Waals surface area contributed by atoms with Gasteiger partial charge in [-0.2, -0.15) is 0 Å². The van der Waals surface area contributed by atoms with Gasteiger partial charge in [-0.25, -0.2) is 4.98 Å². The standard InChI is InChI=1S/C20H21N3O4/c1-11(2)15-8-14(18-12(3)23-27-20(18)22-15)19(24)21-9-13-10-25-16-6-4-5-7-17(16)26-13/h4-8,11,13H,9-10H2,1-3H3,(H,21,24). The Balaban J connectivity index is 1.53. The molecular formula is C20H21N3O4. The lowest BCUT2D eigenvalue weighted by Gasteiger charge is -2.26. The fraction of sp³-hybridized carbons (Fsp3) is 0.350. The van der Waals surface area contributed by atoms with E-state index in [1.54, 1.807) is 13.0 Å². The summed E-state index contributed by atoms with van der Waals surface area (Å²) in [7, 11) is 0. The molecule has 1 aliphatic heterocycles. The second kappa shape index (κ2) is 6.90. The van der Waals surface area contributed by atoms with Crippen LogP contribution in [0.1, 0.15) is 41.5 Å². The van der Waals surface area contributed by atoms with Crippen LogP contribution in [0.5, 0.6) is 11.5 Å². The van der Waals surface area contributed by atoms with Crippen molar-refractivity contribution in [2.75, 3.05) is 13.2 Å². The van der Waals surface area contributed by atoms with Gasteiger partial charge in [0.05, 0.1) is 23.2 Å². The SMILES string of the molecule is Cc1noc2nc(C(C)C)cc(C(=O)NCC3COc4ccccc4O3)c12. The van der Waals surface area contributed by atoms with Crippen LogP contribution < -0.4 is 14.8 Å². The van der Waals surface area contributed by atoms with Crippen LogP contribution in [0.2, 0.25) is 0 Å². The minimum atomic E-state index is -0.255. The number of hydrogen-bond donors (Lipinski definition) is 1. The third kappa shape index (κ3) is 3.32. The molecule has 1 aliphatic rings. The summed E-state index contributed by atoms with van der Waals surface area (Å²) in [5, 5.41) is 7.53. The lowest BCUT2D eigenvalue weighted by molar-refractivity contribution is 0.0790. The highest BCUT2D eigenvalue weighted by atomic mass is 16.6. The van der Waals surface area contributed by atoms with Gasteiger partial charge in [-0.1, -0.05) is 31.1 Å². The topological polar surface area (TPSA) is 86.5 Å². The largest absolute Gasteiger partial charge is 0.486 e. The summed E-state index contributed by atoms with van der Waals surface area (Å²) < 4.78 is 16.9. The molecule has 1 aromatic carbocycles. The number of para-hydroxylation sites is 2. The normalized spacial score (nSPS) is 15.9. The summed E-state index contributed by atoms with van der Waals surface area (Å²) in [6, 6.07) is 9.30. The van der Waals surface area contributed by atoms with Crippen molar-refractivity contribution < 1.29 is 18.8 Å². The van der Waals surface area contributed by atoms with Crippen LogP contribution in [0.15, 0.2) is 34.9 Å². The van der Waals surface area contributed by atoms with Gasteiger partial charge in [-0.05, 0) is 31.0 Å². The Kier molecular flexibility index (Phi) is 4.43. The van der Waals surface area contributed by atoms with Crippen molar-refractivity contribution in [1.29, 1.82) is 0 Å². The Morgan fingerprint density at radius 1 is 1.30 bits per heavy atom. The first kappa shape index (κ1) is 17.3. The van der Waals surface area contributed by atoms with Crippen LogP contribution in [0.3, 0.4) is 0 Å². The summed E-state index contributed by atoms with van der Waals surface area (Å²) in [4.78, 5) is 17.3. The zero-order chi connectivity index (χ0) is 19.0. The van der Waals surface area contributed by atoms with Crippen molar-refractivity contribution >= 4 is 17.0 Å². The lowest BCUT2D eigenvalue weighted by Crippen LogP contribution is -2.40. The second-order valence-electron chi connectivity index (χ2n) is 6.91. The maximum absolute atomic E-state index is 12.9. The molecule has 1 N–H and O–H groups in total. The third-order valence-electron chi connectivity index (χ3n) is 4.53. The number of aryl methyl sites for hydroxylation is 1. The van der Waals surface area contributed by atoms with Crippen LogP contribution in [0.4, 0.5) is 0 Å². The Bertz CT molecular complexity index is 996. The third-order valence-corrected chi connectivity index (χ3v) is 4.53. The van der Waals surface area contributed by atoms with Crippen molar-refractivity contribution in [1.82, 2.24) is 15.5 Å². The smallest absolute Gasteiger partial charge is 0.259 e. The van der Waals surface area contributed by atoms with E-state index in [2.05, 4.69) is 15.5 Å². The molecule has 3 heterocycles. The van der Waals surface area contributed by atoms with Crippen molar-refractivity contribution in [3.63, 3.8) is 0 Å². The number of amides is 1. The van der Waals surface area contributed by atoms with Crippen molar-refractivity contribution in [2.24, 2.45) is 0 Å².